The first kappa shape index (κ1) is 20.6. The Morgan fingerprint density at radius 3 is 1.23 bits per heavy atom. The summed E-state index contributed by atoms with van der Waals surface area (Å²) >= 11 is 0. The Labute approximate surface area is 163 Å². The molecule has 3 aliphatic rings. The van der Waals surface area contributed by atoms with Crippen LogP contribution in [0.5, 0.6) is 0 Å². The zero-order chi connectivity index (χ0) is 18.2. The molecule has 0 bridgehead atoms. The second-order valence-corrected chi connectivity index (χ2v) is 9.71. The highest BCUT2D eigenvalue weighted by molar-refractivity contribution is 4.94. The maximum Gasteiger partial charge on any atom is 0.0224 e. The summed E-state index contributed by atoms with van der Waals surface area (Å²) in [6.45, 7) is 4.74. The molecule has 3 fully saturated rings. The molecule has 26 heavy (non-hydrogen) atoms. The van der Waals surface area contributed by atoms with Crippen molar-refractivity contribution in [1.82, 2.24) is 10.6 Å². The zero-order valence-corrected chi connectivity index (χ0v) is 17.8. The van der Waals surface area contributed by atoms with Crippen LogP contribution in [0.15, 0.2) is 0 Å². The fourth-order valence-corrected chi connectivity index (χ4v) is 6.37. The predicted molar refractivity (Wildman–Crippen MR) is 114 cm³/mol. The molecule has 6 unspecified atom stereocenters. The molecule has 2 nitrogen and oxygen atoms in total. The van der Waals surface area contributed by atoms with Gasteiger partial charge in [-0.3, -0.25) is 0 Å². The van der Waals surface area contributed by atoms with Crippen molar-refractivity contribution < 1.29 is 0 Å². The molecule has 0 radical (unpaired) electrons. The Hall–Kier alpha value is -0.0800. The van der Waals surface area contributed by atoms with Gasteiger partial charge in [0.15, 0.2) is 0 Å². The van der Waals surface area contributed by atoms with E-state index in [1.54, 1.807) is 0 Å². The van der Waals surface area contributed by atoms with Gasteiger partial charge in [0.1, 0.15) is 0 Å². The molecule has 0 spiro atoms. The molecule has 0 heterocycles. The van der Waals surface area contributed by atoms with Gasteiger partial charge in [-0.15, -0.1) is 0 Å². The topological polar surface area (TPSA) is 24.1 Å². The summed E-state index contributed by atoms with van der Waals surface area (Å²) in [5.74, 6) is 1.89. The van der Waals surface area contributed by atoms with E-state index < -0.39 is 0 Å². The van der Waals surface area contributed by atoms with Crippen molar-refractivity contribution in [2.75, 3.05) is 0 Å². The SMILES string of the molecule is CCCC1CCCCC1NC1CCCCC1NC1CCCCC1CCC. The van der Waals surface area contributed by atoms with E-state index in [1.807, 2.05) is 0 Å². The summed E-state index contributed by atoms with van der Waals surface area (Å²) in [4.78, 5) is 0. The predicted octanol–water partition coefficient (Wildman–Crippen LogP) is 6.19. The Kier molecular flexibility index (Phi) is 8.78. The van der Waals surface area contributed by atoms with Crippen LogP contribution >= 0.6 is 0 Å². The van der Waals surface area contributed by atoms with Crippen LogP contribution in [-0.2, 0) is 0 Å². The molecular formula is C24H46N2. The molecule has 2 heteroatoms. The summed E-state index contributed by atoms with van der Waals surface area (Å²) in [5.41, 5.74) is 0. The maximum atomic E-state index is 4.22. The lowest BCUT2D eigenvalue weighted by Gasteiger charge is -2.43. The van der Waals surface area contributed by atoms with Crippen LogP contribution in [0.3, 0.4) is 0 Å². The van der Waals surface area contributed by atoms with Crippen molar-refractivity contribution in [3.05, 3.63) is 0 Å². The van der Waals surface area contributed by atoms with Crippen LogP contribution in [0, 0.1) is 11.8 Å². The average molecular weight is 363 g/mol. The van der Waals surface area contributed by atoms with Gasteiger partial charge in [0, 0.05) is 24.2 Å². The molecule has 2 N–H and O–H groups in total. The van der Waals surface area contributed by atoms with Crippen LogP contribution in [0.4, 0.5) is 0 Å². The molecule has 0 amide bonds. The second-order valence-electron chi connectivity index (χ2n) is 9.71. The molecule has 0 aromatic rings. The monoisotopic (exact) mass is 362 g/mol. The van der Waals surface area contributed by atoms with Crippen LogP contribution in [0.25, 0.3) is 0 Å². The highest BCUT2D eigenvalue weighted by atomic mass is 15.1. The molecule has 6 atom stereocenters. The molecule has 3 rings (SSSR count). The van der Waals surface area contributed by atoms with Crippen LogP contribution in [0.2, 0.25) is 0 Å². The highest BCUT2D eigenvalue weighted by Crippen LogP contribution is 2.32. The van der Waals surface area contributed by atoms with Crippen molar-refractivity contribution in [3.63, 3.8) is 0 Å². The van der Waals surface area contributed by atoms with Crippen molar-refractivity contribution in [2.24, 2.45) is 11.8 Å². The van der Waals surface area contributed by atoms with Crippen molar-refractivity contribution in [3.8, 4) is 0 Å². The number of hydrogen-bond acceptors (Lipinski definition) is 2. The van der Waals surface area contributed by atoms with Crippen LogP contribution in [-0.4, -0.2) is 24.2 Å². The van der Waals surface area contributed by atoms with E-state index in [0.29, 0.717) is 0 Å². The van der Waals surface area contributed by atoms with Gasteiger partial charge >= 0.3 is 0 Å². The molecule has 0 aromatic carbocycles. The lowest BCUT2D eigenvalue weighted by molar-refractivity contribution is 0.160. The van der Waals surface area contributed by atoms with Crippen LogP contribution in [0.1, 0.15) is 117 Å². The molecule has 0 saturated heterocycles. The summed E-state index contributed by atoms with van der Waals surface area (Å²) in [5, 5.41) is 8.43. The van der Waals surface area contributed by atoms with Gasteiger partial charge in [0.05, 0.1) is 0 Å². The number of nitrogens with one attached hydrogen (secondary N) is 2. The van der Waals surface area contributed by atoms with E-state index in [9.17, 15) is 0 Å². The van der Waals surface area contributed by atoms with Crippen molar-refractivity contribution in [1.29, 1.82) is 0 Å². The van der Waals surface area contributed by atoms with E-state index in [2.05, 4.69) is 24.5 Å². The van der Waals surface area contributed by atoms with Gasteiger partial charge in [0.2, 0.25) is 0 Å². The summed E-state index contributed by atoms with van der Waals surface area (Å²) in [6.07, 6.45) is 22.9. The first-order chi connectivity index (χ1) is 12.8. The van der Waals surface area contributed by atoms with Crippen molar-refractivity contribution >= 4 is 0 Å². The normalized spacial score (nSPS) is 39.0. The average Bonchev–Trinajstić information content (AvgIpc) is 2.67. The van der Waals surface area contributed by atoms with Gasteiger partial charge in [-0.1, -0.05) is 65.2 Å². The quantitative estimate of drug-likeness (QED) is 0.537. The zero-order valence-electron chi connectivity index (χ0n) is 17.8. The third-order valence-electron chi connectivity index (χ3n) is 7.76. The summed E-state index contributed by atoms with van der Waals surface area (Å²) in [7, 11) is 0. The van der Waals surface area contributed by atoms with Gasteiger partial charge in [-0.2, -0.15) is 0 Å². The molecule has 152 valence electrons. The van der Waals surface area contributed by atoms with Gasteiger partial charge < -0.3 is 10.6 Å². The first-order valence-corrected chi connectivity index (χ1v) is 12.3. The van der Waals surface area contributed by atoms with E-state index in [4.69, 9.17) is 0 Å². The smallest absolute Gasteiger partial charge is 0.0224 e. The van der Waals surface area contributed by atoms with E-state index in [0.717, 1.165) is 36.0 Å². The molecular weight excluding hydrogens is 316 g/mol. The number of hydrogen-bond donors (Lipinski definition) is 2. The Morgan fingerprint density at radius 2 is 0.846 bits per heavy atom. The van der Waals surface area contributed by atoms with Gasteiger partial charge in [-0.25, -0.2) is 0 Å². The van der Waals surface area contributed by atoms with Gasteiger partial charge in [0.25, 0.3) is 0 Å². The third-order valence-corrected chi connectivity index (χ3v) is 7.76. The minimum Gasteiger partial charge on any atom is -0.309 e. The lowest BCUT2D eigenvalue weighted by Crippen LogP contribution is -2.58. The highest BCUT2D eigenvalue weighted by Gasteiger charge is 2.34. The fourth-order valence-electron chi connectivity index (χ4n) is 6.37. The summed E-state index contributed by atoms with van der Waals surface area (Å²) in [6, 6.07) is 3.06. The molecule has 3 saturated carbocycles. The standard InChI is InChI=1S/C24H46N2/c1-3-11-19-13-5-7-15-21(19)25-23-17-9-10-18-24(23)26-22-16-8-6-14-20(22)12-4-2/h19-26H,3-18H2,1-2H3. The van der Waals surface area contributed by atoms with E-state index in [1.165, 1.54) is 103 Å². The molecule has 3 aliphatic carbocycles. The molecule has 0 aromatic heterocycles. The summed E-state index contributed by atoms with van der Waals surface area (Å²) < 4.78 is 0. The largest absolute Gasteiger partial charge is 0.309 e. The van der Waals surface area contributed by atoms with Gasteiger partial charge in [-0.05, 0) is 63.2 Å². The van der Waals surface area contributed by atoms with Crippen molar-refractivity contribution in [2.45, 2.75) is 141 Å². The lowest BCUT2D eigenvalue weighted by atomic mass is 9.78. The third kappa shape index (κ3) is 5.71. The fraction of sp³-hybridized carbons (Fsp3) is 1.00. The minimum absolute atomic E-state index is 0.732. The maximum absolute atomic E-state index is 4.22. The Bertz CT molecular complexity index is 342. The first-order valence-electron chi connectivity index (χ1n) is 12.3. The number of rotatable bonds is 8. The second kappa shape index (κ2) is 11.1. The van der Waals surface area contributed by atoms with Crippen LogP contribution < -0.4 is 10.6 Å². The molecule has 0 aliphatic heterocycles. The van der Waals surface area contributed by atoms with E-state index >= 15 is 0 Å². The Morgan fingerprint density at radius 1 is 0.500 bits per heavy atom. The minimum atomic E-state index is 0.732. The van der Waals surface area contributed by atoms with E-state index in [-0.39, 0.29) is 0 Å². The Balaban J connectivity index is 1.58.